The van der Waals surface area contributed by atoms with Crippen molar-refractivity contribution in [2.24, 2.45) is 0 Å². The van der Waals surface area contributed by atoms with Crippen molar-refractivity contribution in [2.45, 2.75) is 18.9 Å². The largest absolute Gasteiger partial charge is 0.387 e. The molecule has 1 aromatic heterocycles. The number of nitrogens with one attached hydrogen (secondary N) is 2. The fourth-order valence-electron chi connectivity index (χ4n) is 4.49. The lowest BCUT2D eigenvalue weighted by Crippen LogP contribution is -2.47. The third-order valence-corrected chi connectivity index (χ3v) is 6.29. The Labute approximate surface area is 180 Å². The molecule has 0 radical (unpaired) electrons. The number of rotatable bonds is 4. The van der Waals surface area contributed by atoms with Gasteiger partial charge in [0.1, 0.15) is 0 Å². The lowest BCUT2D eigenvalue weighted by Gasteiger charge is -2.37. The molecule has 1 fully saturated rings. The van der Waals surface area contributed by atoms with Crippen molar-refractivity contribution in [1.82, 2.24) is 9.88 Å². The molecule has 1 saturated heterocycles. The first-order chi connectivity index (χ1) is 15.0. The van der Waals surface area contributed by atoms with E-state index in [1.807, 2.05) is 30.3 Å². The number of fused-ring (bicyclic) bond motifs is 2. The van der Waals surface area contributed by atoms with E-state index in [-0.39, 0.29) is 11.5 Å². The number of anilines is 2. The first kappa shape index (κ1) is 19.8. The molecule has 0 bridgehead atoms. The molecule has 0 aliphatic carbocycles. The number of nitrogens with zero attached hydrogens (tertiary/aromatic N) is 2. The molecule has 3 heterocycles. The van der Waals surface area contributed by atoms with Gasteiger partial charge in [0, 0.05) is 67.5 Å². The van der Waals surface area contributed by atoms with Crippen LogP contribution in [0, 0.1) is 0 Å². The van der Waals surface area contributed by atoms with Gasteiger partial charge >= 0.3 is 0 Å². The molecular weight excluding hydrogens is 392 g/mol. The van der Waals surface area contributed by atoms with E-state index in [2.05, 4.69) is 32.2 Å². The Morgan fingerprint density at radius 3 is 2.61 bits per heavy atom. The zero-order valence-corrected chi connectivity index (χ0v) is 17.3. The summed E-state index contributed by atoms with van der Waals surface area (Å²) >= 11 is 0. The van der Waals surface area contributed by atoms with E-state index >= 15 is 0 Å². The summed E-state index contributed by atoms with van der Waals surface area (Å²) in [5.74, 6) is 0.0540. The van der Waals surface area contributed by atoms with Gasteiger partial charge < -0.3 is 20.3 Å². The minimum atomic E-state index is -0.549. The summed E-state index contributed by atoms with van der Waals surface area (Å²) in [5.41, 5.74) is 4.77. The summed E-state index contributed by atoms with van der Waals surface area (Å²) in [6, 6.07) is 15.4. The van der Waals surface area contributed by atoms with Gasteiger partial charge in [-0.1, -0.05) is 12.1 Å². The smallest absolute Gasteiger partial charge is 0.248 e. The lowest BCUT2D eigenvalue weighted by atomic mass is 9.98. The number of aromatic amines is 1. The Bertz CT molecular complexity index is 1180. The Kier molecular flexibility index (Phi) is 5.21. The molecule has 3 aromatic rings. The third-order valence-electron chi connectivity index (χ3n) is 6.29. The fraction of sp³-hybridized carbons (Fsp3) is 0.333. The quantitative estimate of drug-likeness (QED) is 0.605. The van der Waals surface area contributed by atoms with Gasteiger partial charge in [-0.2, -0.15) is 0 Å². The third kappa shape index (κ3) is 4.19. The van der Waals surface area contributed by atoms with E-state index in [0.29, 0.717) is 13.0 Å². The summed E-state index contributed by atoms with van der Waals surface area (Å²) in [5, 5.41) is 14.7. The molecule has 0 spiro atoms. The predicted octanol–water partition coefficient (Wildman–Crippen LogP) is 2.27. The zero-order chi connectivity index (χ0) is 21.4. The number of amides is 1. The van der Waals surface area contributed by atoms with Gasteiger partial charge in [-0.05, 0) is 47.9 Å². The van der Waals surface area contributed by atoms with Gasteiger partial charge in [0.15, 0.2) is 0 Å². The summed E-state index contributed by atoms with van der Waals surface area (Å²) < 4.78 is 0. The van der Waals surface area contributed by atoms with E-state index < -0.39 is 6.10 Å². The molecule has 2 aliphatic heterocycles. The summed E-state index contributed by atoms with van der Waals surface area (Å²) in [4.78, 5) is 30.5. The summed E-state index contributed by atoms with van der Waals surface area (Å²) in [6.45, 7) is 4.12. The van der Waals surface area contributed by atoms with Crippen molar-refractivity contribution < 1.29 is 9.90 Å². The lowest BCUT2D eigenvalue weighted by molar-refractivity contribution is -0.116. The number of piperazine rings is 1. The van der Waals surface area contributed by atoms with Gasteiger partial charge in [-0.25, -0.2) is 0 Å². The highest BCUT2D eigenvalue weighted by molar-refractivity contribution is 5.93. The number of aryl methyl sites for hydroxylation is 1. The number of aromatic nitrogens is 1. The normalized spacial score (nSPS) is 18.0. The minimum absolute atomic E-state index is 0.0540. The molecular formula is C24H26N4O3. The number of H-pyrrole nitrogens is 1. The second-order valence-corrected chi connectivity index (χ2v) is 8.36. The highest BCUT2D eigenvalue weighted by atomic mass is 16.3. The number of β-amino-alcohol motifs (C(OH)–C–C–N with tert-alkyl or cyclic N) is 1. The van der Waals surface area contributed by atoms with Crippen molar-refractivity contribution in [2.75, 3.05) is 42.9 Å². The molecule has 2 aromatic carbocycles. The first-order valence-electron chi connectivity index (χ1n) is 10.8. The highest BCUT2D eigenvalue weighted by Gasteiger charge is 2.22. The summed E-state index contributed by atoms with van der Waals surface area (Å²) in [6.07, 6.45) is 0.673. The maximum Gasteiger partial charge on any atom is 0.248 e. The van der Waals surface area contributed by atoms with Crippen LogP contribution in [0.15, 0.2) is 53.3 Å². The fourth-order valence-corrected chi connectivity index (χ4v) is 4.49. The van der Waals surface area contributed by atoms with Crippen molar-refractivity contribution in [3.8, 4) is 0 Å². The van der Waals surface area contributed by atoms with E-state index in [1.165, 1.54) is 0 Å². The van der Waals surface area contributed by atoms with Crippen LogP contribution in [0.5, 0.6) is 0 Å². The second kappa shape index (κ2) is 8.17. The molecule has 7 nitrogen and oxygen atoms in total. The molecule has 0 saturated carbocycles. The van der Waals surface area contributed by atoms with E-state index in [1.54, 1.807) is 6.07 Å². The van der Waals surface area contributed by atoms with Crippen LogP contribution in [0.1, 0.15) is 23.7 Å². The average molecular weight is 418 g/mol. The van der Waals surface area contributed by atoms with Crippen LogP contribution in [-0.2, 0) is 11.2 Å². The van der Waals surface area contributed by atoms with Crippen LogP contribution in [0.25, 0.3) is 10.9 Å². The first-order valence-corrected chi connectivity index (χ1v) is 10.8. The van der Waals surface area contributed by atoms with Gasteiger partial charge in [-0.3, -0.25) is 14.5 Å². The number of hydrogen-bond donors (Lipinski definition) is 3. The van der Waals surface area contributed by atoms with Crippen LogP contribution in [0.4, 0.5) is 11.4 Å². The SMILES string of the molecule is O=C1CCc2cc(C(O)CN3CCN(c4ccc5[nH]c(=O)ccc5c4)CC3)ccc2N1. The molecule has 7 heteroatoms. The van der Waals surface area contributed by atoms with Gasteiger partial charge in [-0.15, -0.1) is 0 Å². The number of carbonyl (C=O) groups is 1. The molecule has 5 rings (SSSR count). The number of aliphatic hydroxyl groups excluding tert-OH is 1. The second-order valence-electron chi connectivity index (χ2n) is 8.36. The Hall–Kier alpha value is -3.16. The predicted molar refractivity (Wildman–Crippen MR) is 122 cm³/mol. The van der Waals surface area contributed by atoms with Gasteiger partial charge in [0.25, 0.3) is 0 Å². The molecule has 1 unspecified atom stereocenters. The molecule has 1 amide bonds. The monoisotopic (exact) mass is 418 g/mol. The number of benzene rings is 2. The zero-order valence-electron chi connectivity index (χ0n) is 17.3. The van der Waals surface area contributed by atoms with E-state index in [9.17, 15) is 14.7 Å². The van der Waals surface area contributed by atoms with Crippen molar-refractivity contribution in [1.29, 1.82) is 0 Å². The number of hydrogen-bond acceptors (Lipinski definition) is 5. The highest BCUT2D eigenvalue weighted by Crippen LogP contribution is 2.27. The van der Waals surface area contributed by atoms with Crippen molar-refractivity contribution >= 4 is 28.2 Å². The average Bonchev–Trinajstić information content (AvgIpc) is 2.79. The minimum Gasteiger partial charge on any atom is -0.387 e. The van der Waals surface area contributed by atoms with Gasteiger partial charge in [0.05, 0.1) is 6.10 Å². The van der Waals surface area contributed by atoms with Crippen LogP contribution in [0.3, 0.4) is 0 Å². The van der Waals surface area contributed by atoms with Crippen LogP contribution in [0.2, 0.25) is 0 Å². The molecule has 3 N–H and O–H groups in total. The van der Waals surface area contributed by atoms with Crippen LogP contribution < -0.4 is 15.8 Å². The standard InChI is InChI=1S/C24H26N4O3/c29-22(18-1-5-20-16(13-18)2-7-23(30)25-20)15-27-9-11-28(12-10-27)19-4-6-21-17(14-19)3-8-24(31)26-21/h1,3-6,8,13-14,22,29H,2,7,9-12,15H2,(H,25,30)(H,26,31). The maximum atomic E-state index is 11.5. The Balaban J connectivity index is 1.20. The number of carbonyl (C=O) groups excluding carboxylic acids is 1. The van der Waals surface area contributed by atoms with Crippen molar-refractivity contribution in [3.63, 3.8) is 0 Å². The maximum absolute atomic E-state index is 11.5. The molecule has 2 aliphatic rings. The molecule has 160 valence electrons. The van der Waals surface area contributed by atoms with Crippen LogP contribution >= 0.6 is 0 Å². The van der Waals surface area contributed by atoms with E-state index in [4.69, 9.17) is 0 Å². The number of aliphatic hydroxyl groups is 1. The topological polar surface area (TPSA) is 88.7 Å². The van der Waals surface area contributed by atoms with E-state index in [0.717, 1.165) is 66.0 Å². The number of pyridine rings is 1. The Morgan fingerprint density at radius 1 is 0.935 bits per heavy atom. The summed E-state index contributed by atoms with van der Waals surface area (Å²) in [7, 11) is 0. The Morgan fingerprint density at radius 2 is 1.77 bits per heavy atom. The molecule has 31 heavy (non-hydrogen) atoms. The van der Waals surface area contributed by atoms with Crippen molar-refractivity contribution in [3.05, 3.63) is 70.0 Å². The van der Waals surface area contributed by atoms with Crippen LogP contribution in [-0.4, -0.2) is 53.6 Å². The molecule has 1 atom stereocenters. The van der Waals surface area contributed by atoms with Gasteiger partial charge in [0.2, 0.25) is 11.5 Å².